The van der Waals surface area contributed by atoms with Gasteiger partial charge in [-0.1, -0.05) is 97.4 Å². The van der Waals surface area contributed by atoms with Crippen LogP contribution in [0.5, 0.6) is 5.75 Å². The zero-order chi connectivity index (χ0) is 26.7. The second-order valence-electron chi connectivity index (χ2n) is 10.1. The van der Waals surface area contributed by atoms with Gasteiger partial charge in [0.05, 0.1) is 18.0 Å². The van der Waals surface area contributed by atoms with E-state index in [1.165, 1.54) is 11.1 Å². The van der Waals surface area contributed by atoms with Gasteiger partial charge in [-0.3, -0.25) is 0 Å². The Morgan fingerprint density at radius 1 is 0.816 bits per heavy atom. The molecule has 0 radical (unpaired) electrons. The Hall–Kier alpha value is -3.41. The highest BCUT2D eigenvalue weighted by atomic mass is 32.2. The van der Waals surface area contributed by atoms with Gasteiger partial charge in [0.25, 0.3) is 0 Å². The van der Waals surface area contributed by atoms with E-state index in [-0.39, 0.29) is 23.8 Å². The van der Waals surface area contributed by atoms with Crippen molar-refractivity contribution >= 4 is 10.0 Å². The first kappa shape index (κ1) is 26.2. The van der Waals surface area contributed by atoms with Crippen LogP contribution < -0.4 is 4.74 Å². The highest BCUT2D eigenvalue weighted by Crippen LogP contribution is 2.54. The number of ether oxygens (including phenoxy) is 1. The standard InChI is InChI=1S/C33H35NO3S/c1-4-30(26-17-19-28(37-3)20-18-26)32-31(25-11-7-5-8-12-25)23-34(33(32)27-13-9-6-10-14-27)38(35,36)29-21-15-24(2)16-22-29/h5-22,30-33H,4,23H2,1-3H3/t30-,31+,32+,33+/m0/s1. The topological polar surface area (TPSA) is 46.6 Å². The molecule has 4 nitrogen and oxygen atoms in total. The third-order valence-electron chi connectivity index (χ3n) is 7.96. The maximum atomic E-state index is 14.3. The van der Waals surface area contributed by atoms with E-state index in [9.17, 15) is 8.42 Å². The lowest BCUT2D eigenvalue weighted by molar-refractivity contribution is 0.295. The van der Waals surface area contributed by atoms with Crippen molar-refractivity contribution in [1.82, 2.24) is 4.31 Å². The molecule has 0 aliphatic carbocycles. The highest BCUT2D eigenvalue weighted by molar-refractivity contribution is 7.89. The SMILES string of the molecule is CC[C@@H](c1ccc(OC)cc1)[C@@H]1[C@@H](c2ccccc2)CN(S(=O)(=O)c2ccc(C)cc2)[C@@H]1c1ccccc1. The lowest BCUT2D eigenvalue weighted by Crippen LogP contribution is -2.33. The van der Waals surface area contributed by atoms with Crippen LogP contribution in [0.4, 0.5) is 0 Å². The first-order chi connectivity index (χ1) is 18.4. The largest absolute Gasteiger partial charge is 0.497 e. The Labute approximate surface area is 227 Å². The molecular formula is C33H35NO3S. The molecule has 38 heavy (non-hydrogen) atoms. The number of rotatable bonds is 8. The molecule has 0 N–H and O–H groups in total. The maximum Gasteiger partial charge on any atom is 0.243 e. The molecule has 0 spiro atoms. The number of methoxy groups -OCH3 is 1. The molecular weight excluding hydrogens is 490 g/mol. The molecule has 0 unspecified atom stereocenters. The minimum Gasteiger partial charge on any atom is -0.497 e. The zero-order valence-electron chi connectivity index (χ0n) is 22.2. The quantitative estimate of drug-likeness (QED) is 0.242. The molecule has 0 saturated carbocycles. The Bertz CT molecular complexity index is 1440. The number of aryl methyl sites for hydroxylation is 1. The van der Waals surface area contributed by atoms with Gasteiger partial charge in [0, 0.05) is 12.5 Å². The van der Waals surface area contributed by atoms with E-state index in [0.29, 0.717) is 11.4 Å². The van der Waals surface area contributed by atoms with E-state index in [1.807, 2.05) is 55.5 Å². The zero-order valence-corrected chi connectivity index (χ0v) is 23.0. The van der Waals surface area contributed by atoms with Gasteiger partial charge in [-0.05, 0) is 66.1 Å². The molecule has 196 valence electrons. The molecule has 1 heterocycles. The summed E-state index contributed by atoms with van der Waals surface area (Å²) in [6.07, 6.45) is 0.891. The summed E-state index contributed by atoms with van der Waals surface area (Å²) >= 11 is 0. The number of nitrogens with zero attached hydrogens (tertiary/aromatic N) is 1. The lowest BCUT2D eigenvalue weighted by Gasteiger charge is -2.34. The minimum atomic E-state index is -3.75. The van der Waals surface area contributed by atoms with Gasteiger partial charge < -0.3 is 4.74 Å². The molecule has 0 amide bonds. The first-order valence-electron chi connectivity index (χ1n) is 13.3. The van der Waals surface area contributed by atoms with E-state index >= 15 is 0 Å². The van der Waals surface area contributed by atoms with Crippen molar-refractivity contribution in [2.24, 2.45) is 5.92 Å². The Morgan fingerprint density at radius 2 is 1.39 bits per heavy atom. The third-order valence-corrected chi connectivity index (χ3v) is 9.82. The van der Waals surface area contributed by atoms with Crippen LogP contribution in [0.15, 0.2) is 114 Å². The van der Waals surface area contributed by atoms with Gasteiger partial charge in [-0.25, -0.2) is 8.42 Å². The molecule has 4 atom stereocenters. The summed E-state index contributed by atoms with van der Waals surface area (Å²) in [6.45, 7) is 4.61. The van der Waals surface area contributed by atoms with Crippen LogP contribution in [-0.4, -0.2) is 26.4 Å². The Balaban J connectivity index is 1.69. The van der Waals surface area contributed by atoms with Crippen LogP contribution in [0.1, 0.15) is 53.5 Å². The summed E-state index contributed by atoms with van der Waals surface area (Å²) < 4.78 is 35.8. The van der Waals surface area contributed by atoms with Gasteiger partial charge in [0.2, 0.25) is 10.0 Å². The van der Waals surface area contributed by atoms with Crippen molar-refractivity contribution in [3.63, 3.8) is 0 Å². The first-order valence-corrected chi connectivity index (χ1v) is 14.7. The van der Waals surface area contributed by atoms with Crippen molar-refractivity contribution in [3.8, 4) is 5.75 Å². The van der Waals surface area contributed by atoms with E-state index in [0.717, 1.165) is 23.3 Å². The average Bonchev–Trinajstić information content (AvgIpc) is 3.36. The van der Waals surface area contributed by atoms with Gasteiger partial charge in [-0.15, -0.1) is 0 Å². The average molecular weight is 526 g/mol. The van der Waals surface area contributed by atoms with Crippen molar-refractivity contribution in [1.29, 1.82) is 0 Å². The summed E-state index contributed by atoms with van der Waals surface area (Å²) in [5.74, 6) is 1.04. The lowest BCUT2D eigenvalue weighted by atomic mass is 9.71. The molecule has 1 fully saturated rings. The second kappa shape index (κ2) is 11.1. The molecule has 4 aromatic rings. The number of benzene rings is 4. The van der Waals surface area contributed by atoms with Crippen molar-refractivity contribution < 1.29 is 13.2 Å². The summed E-state index contributed by atoms with van der Waals surface area (Å²) in [7, 11) is -2.07. The fourth-order valence-electron chi connectivity index (χ4n) is 6.08. The van der Waals surface area contributed by atoms with E-state index < -0.39 is 10.0 Å². The van der Waals surface area contributed by atoms with Crippen LogP contribution in [-0.2, 0) is 10.0 Å². The molecule has 0 aromatic heterocycles. The molecule has 1 saturated heterocycles. The summed E-state index contributed by atoms with van der Waals surface area (Å²) in [5, 5.41) is 0. The molecule has 1 aliphatic rings. The smallest absolute Gasteiger partial charge is 0.243 e. The normalized spacial score (nSPS) is 20.8. The van der Waals surface area contributed by atoms with Crippen LogP contribution in [0.25, 0.3) is 0 Å². The fraction of sp³-hybridized carbons (Fsp3) is 0.273. The summed E-state index contributed by atoms with van der Waals surface area (Å²) in [4.78, 5) is 0.342. The summed E-state index contributed by atoms with van der Waals surface area (Å²) in [5.41, 5.74) is 4.44. The van der Waals surface area contributed by atoms with Gasteiger partial charge >= 0.3 is 0 Å². The Morgan fingerprint density at radius 3 is 1.95 bits per heavy atom. The van der Waals surface area contributed by atoms with Crippen molar-refractivity contribution in [2.75, 3.05) is 13.7 Å². The van der Waals surface area contributed by atoms with Crippen molar-refractivity contribution in [2.45, 2.75) is 43.0 Å². The van der Waals surface area contributed by atoms with Crippen molar-refractivity contribution in [3.05, 3.63) is 131 Å². The van der Waals surface area contributed by atoms with Gasteiger partial charge in [0.15, 0.2) is 0 Å². The number of hydrogen-bond acceptors (Lipinski definition) is 3. The molecule has 0 bridgehead atoms. The van der Waals surface area contributed by atoms with Crippen LogP contribution in [0.2, 0.25) is 0 Å². The van der Waals surface area contributed by atoms with E-state index in [1.54, 1.807) is 23.5 Å². The second-order valence-corrected chi connectivity index (χ2v) is 12.0. The third kappa shape index (κ3) is 5.01. The molecule has 5 heteroatoms. The predicted molar refractivity (Wildman–Crippen MR) is 153 cm³/mol. The van der Waals surface area contributed by atoms with E-state index in [2.05, 4.69) is 55.5 Å². The number of sulfonamides is 1. The fourth-order valence-corrected chi connectivity index (χ4v) is 7.75. The highest BCUT2D eigenvalue weighted by Gasteiger charge is 2.51. The molecule has 1 aliphatic heterocycles. The molecule has 5 rings (SSSR count). The van der Waals surface area contributed by atoms with Crippen LogP contribution in [0, 0.1) is 12.8 Å². The van der Waals surface area contributed by atoms with Gasteiger partial charge in [0.1, 0.15) is 5.75 Å². The monoisotopic (exact) mass is 525 g/mol. The van der Waals surface area contributed by atoms with Crippen LogP contribution >= 0.6 is 0 Å². The minimum absolute atomic E-state index is 0.0358. The maximum absolute atomic E-state index is 14.3. The number of hydrogen-bond donors (Lipinski definition) is 0. The van der Waals surface area contributed by atoms with Gasteiger partial charge in [-0.2, -0.15) is 4.31 Å². The Kier molecular flexibility index (Phi) is 7.68. The summed E-state index contributed by atoms with van der Waals surface area (Å²) in [6, 6.07) is 35.7. The molecule has 4 aromatic carbocycles. The van der Waals surface area contributed by atoms with E-state index in [4.69, 9.17) is 4.74 Å². The van der Waals surface area contributed by atoms with Crippen LogP contribution in [0.3, 0.4) is 0 Å². The predicted octanol–water partition coefficient (Wildman–Crippen LogP) is 7.34.